The molecule has 2 aliphatic heterocycles. The summed E-state index contributed by atoms with van der Waals surface area (Å²) in [6, 6.07) is 23.5. The standard InChI is InChI=1S/C20H6.C16H12ClFN4O.C13H6Cl4FN3.C12H6.C11H9ClFN3.C3H4Cl3NO.C3H7N.C2H4O2.CH2O3.CH4.ClH.2K.H/c1-3-5-7-9-11-13-15-17-19-20-18-16-14-12-10-8-6-4-2;17-11-5-4-10(9-12(11)18)22-14-13(3-1-6-19-14)20-15(22)16(23)21-7-2-8-21;14-8-4-3-7(6-9(8)18)21-11-10(2-1-5-19-11)20-12(21)13(15,16)17;1-3-5-7-9-11-12-10-8-6-4-2;12-8-4-3-7(6-9(8)13)16-11-10(14)2-1-5-15-11;1-8-2(7)3(4,5)6;1-2-4-3-1;1-2(3)4;2-1-4-3;;;;;/h1-2H3;1,3-6,9H,2,7-8H2;1-6H;1-2H3;1-6H,14H2,(H,15,16);7H,1H3;4H,1-3H2;1H3,(H,3,4);1,3H;1H4;1H;;;/q;;;;;;;;;;;2*+1;-1/p-1. The SMILES string of the molecule is C.C1CNC1.CC#CC#CC#CC#CC#CC.CC#CC#CC#CC#CC#CC#CC#CC#CC#CC.CC(=O)O.COC(=N)C(Cl)(Cl)Cl.Cl.Fc1cc(-n2c(C(Cl)(Cl)Cl)nc3cccnc32)ccc1Cl.Nc1cccnc1Nc1ccc(Cl)c(F)c1.O=C(c1nc2cccnc2n1-c1ccc(Cl)c(F)c1)N1CCC1.O=CO[O-].[H-].[K+].[K+]. The topological polar surface area (TPSA) is 264 Å². The second-order valence-corrected chi connectivity index (χ2v) is 25.4. The number of benzene rings is 3. The van der Waals surface area contributed by atoms with Crippen molar-refractivity contribution in [3.05, 3.63) is 154 Å². The van der Waals surface area contributed by atoms with E-state index in [2.05, 4.69) is 211 Å². The van der Waals surface area contributed by atoms with E-state index < -0.39 is 31.0 Å². The number of aliphatic carboxylic acids is 1. The number of nitrogens with two attached hydrogens (primary N) is 1. The average Bonchev–Trinajstić information content (AvgIpc) is 1.63. The predicted molar refractivity (Wildman–Crippen MR) is 450 cm³/mol. The molecule has 2 fully saturated rings. The normalized spacial score (nSPS) is 9.42. The molecule has 5 aromatic heterocycles. The number of nitrogens with zero attached hydrogens (tertiary/aromatic N) is 8. The molecule has 0 unspecified atom stereocenters. The molecule has 10 rings (SSSR count). The monoisotopic (exact) mass is 1810 g/mol. The van der Waals surface area contributed by atoms with Crippen LogP contribution in [-0.4, -0.2) is 105 Å². The Balaban J connectivity index is -0.000000643. The first-order valence-corrected chi connectivity index (χ1v) is 34.4. The summed E-state index contributed by atoms with van der Waals surface area (Å²) >= 11 is 50.4. The summed E-state index contributed by atoms with van der Waals surface area (Å²) in [5.74, 6) is 69.0. The average molecular weight is 1820 g/mol. The first-order chi connectivity index (χ1) is 53.6. The number of alkyl halides is 6. The minimum atomic E-state index is -1.78. The van der Waals surface area contributed by atoms with Gasteiger partial charge in [-0.15, -0.1) is 12.4 Å². The Morgan fingerprint density at radius 2 is 0.931 bits per heavy atom. The Labute approximate surface area is 809 Å². The number of nitrogens with one attached hydrogen (secondary N) is 3. The molecule has 8 aromatic rings. The number of imidazole rings is 2. The largest absolute Gasteiger partial charge is 1.00 e. The van der Waals surface area contributed by atoms with Gasteiger partial charge in [0.2, 0.25) is 15.5 Å². The van der Waals surface area contributed by atoms with Crippen LogP contribution in [0.1, 0.15) is 72.8 Å². The molecule has 0 spiro atoms. The summed E-state index contributed by atoms with van der Waals surface area (Å²) in [5.41, 5.74) is 9.72. The maximum atomic E-state index is 13.9. The van der Waals surface area contributed by atoms with E-state index in [0.29, 0.717) is 64.0 Å². The van der Waals surface area contributed by atoms with Gasteiger partial charge >= 0.3 is 103 Å². The number of carbonyl (C=O) groups is 3. The van der Waals surface area contributed by atoms with Crippen LogP contribution in [0.4, 0.5) is 30.4 Å². The first kappa shape index (κ1) is 111. The van der Waals surface area contributed by atoms with Crippen LogP contribution in [0.15, 0.2) is 110 Å². The summed E-state index contributed by atoms with van der Waals surface area (Å²) in [6.07, 6.45) is 7.17. The number of ether oxygens (including phenoxy) is 1. The molecule has 0 aliphatic carbocycles. The Kier molecular flexibility index (Phi) is 62.7. The molecule has 2 saturated heterocycles. The third-order valence-electron chi connectivity index (χ3n) is 11.8. The fourth-order valence-corrected chi connectivity index (χ4v) is 7.92. The van der Waals surface area contributed by atoms with Crippen LogP contribution in [0.25, 0.3) is 33.7 Å². The number of pyridine rings is 3. The van der Waals surface area contributed by atoms with Gasteiger partial charge in [-0.1, -0.05) is 136 Å². The minimum Gasteiger partial charge on any atom is -1.00 e. The van der Waals surface area contributed by atoms with Gasteiger partial charge in [0.15, 0.2) is 22.9 Å². The molecule has 0 atom stereocenters. The van der Waals surface area contributed by atoms with Crippen molar-refractivity contribution in [3.8, 4) is 177 Å². The van der Waals surface area contributed by atoms with Crippen LogP contribution in [0.3, 0.4) is 0 Å². The summed E-state index contributed by atoms with van der Waals surface area (Å²) in [5, 5.41) is 28.8. The van der Waals surface area contributed by atoms with Crippen molar-refractivity contribution in [1.82, 2.24) is 44.3 Å². The summed E-state index contributed by atoms with van der Waals surface area (Å²) in [4.78, 5) is 55.8. The third kappa shape index (κ3) is 45.7. The van der Waals surface area contributed by atoms with Crippen molar-refractivity contribution in [3.63, 3.8) is 0 Å². The number of carboxylic acids is 1. The van der Waals surface area contributed by atoms with E-state index in [1.54, 1.807) is 110 Å². The fourth-order valence-electron chi connectivity index (χ4n) is 6.96. The minimum absolute atomic E-state index is 0. The Hall–Kier alpha value is -8.75. The molecule has 19 nitrogen and oxygen atoms in total. The maximum Gasteiger partial charge on any atom is 1.00 e. The molecule has 34 heteroatoms. The van der Waals surface area contributed by atoms with Gasteiger partial charge in [-0.25, -0.2) is 38.1 Å². The van der Waals surface area contributed by atoms with Crippen LogP contribution in [0, 0.1) is 189 Å². The van der Waals surface area contributed by atoms with Crippen molar-refractivity contribution in [1.29, 1.82) is 5.41 Å². The number of rotatable bonds is 6. The Bertz CT molecular complexity index is 5510. The van der Waals surface area contributed by atoms with E-state index in [1.807, 2.05) is 0 Å². The fraction of sp³-hybridized carbons (Fsp3) is 0.183. The van der Waals surface area contributed by atoms with Crippen molar-refractivity contribution in [2.45, 2.75) is 62.5 Å². The summed E-state index contributed by atoms with van der Waals surface area (Å²) < 4.78 is 44.6. The van der Waals surface area contributed by atoms with E-state index in [0.717, 1.165) is 13.3 Å². The number of amides is 1. The molecule has 584 valence electrons. The van der Waals surface area contributed by atoms with Gasteiger partial charge in [0, 0.05) is 44.3 Å². The smallest absolute Gasteiger partial charge is 1.00 e. The van der Waals surface area contributed by atoms with Gasteiger partial charge in [-0.05, 0) is 287 Å². The van der Waals surface area contributed by atoms with E-state index in [9.17, 15) is 18.0 Å². The number of anilines is 3. The zero-order chi connectivity index (χ0) is 83.1. The second-order valence-electron chi connectivity index (χ2n) is 19.6. The van der Waals surface area contributed by atoms with E-state index in [-0.39, 0.29) is 169 Å². The van der Waals surface area contributed by atoms with Gasteiger partial charge in [0.25, 0.3) is 22.1 Å². The molecule has 0 radical (unpaired) electrons. The number of hydrogen-bond donors (Lipinski definition) is 5. The molecule has 116 heavy (non-hydrogen) atoms. The number of carboxylic acid groups (broad SMARTS) is 1. The number of hydrogen-bond acceptors (Lipinski definition) is 15. The zero-order valence-electron chi connectivity index (χ0n) is 62.7. The quantitative estimate of drug-likeness (QED) is 0.0152. The van der Waals surface area contributed by atoms with Gasteiger partial charge < -0.3 is 42.7 Å². The van der Waals surface area contributed by atoms with E-state index in [1.165, 1.54) is 67.6 Å². The predicted octanol–water partition coefficient (Wildman–Crippen LogP) is 9.06. The number of carbonyl (C=O) groups excluding carboxylic acids is 2. The van der Waals surface area contributed by atoms with Gasteiger partial charge in [0.1, 0.15) is 28.5 Å². The third-order valence-corrected chi connectivity index (χ3v) is 13.8. The number of nitrogen functional groups attached to an aromatic ring is 1. The summed E-state index contributed by atoms with van der Waals surface area (Å²) in [6.45, 7) is 11.7. The molecule has 3 aromatic carbocycles. The number of likely N-dealkylation sites (tertiary alicyclic amines) is 1. The first-order valence-electron chi connectivity index (χ1n) is 31.0. The van der Waals surface area contributed by atoms with E-state index in [4.69, 9.17) is 136 Å². The molecule has 1 amide bonds. The Morgan fingerprint density at radius 1 is 0.595 bits per heavy atom. The molecular formula is C82H61Cl10F3K2N12O7. The molecule has 0 bridgehead atoms. The summed E-state index contributed by atoms with van der Waals surface area (Å²) in [7, 11) is 1.27. The number of methoxy groups -OCH3 is 1. The number of aromatic nitrogens is 7. The van der Waals surface area contributed by atoms with Crippen LogP contribution in [-0.2, 0) is 23.0 Å². The van der Waals surface area contributed by atoms with Gasteiger partial charge in [-0.2, -0.15) is 0 Å². The van der Waals surface area contributed by atoms with Crippen LogP contribution in [0.2, 0.25) is 15.1 Å². The second kappa shape index (κ2) is 65.3. The molecule has 7 heterocycles. The zero-order valence-corrected chi connectivity index (χ0v) is 75.6. The van der Waals surface area contributed by atoms with Crippen LogP contribution >= 0.6 is 117 Å². The van der Waals surface area contributed by atoms with E-state index >= 15 is 0 Å². The van der Waals surface area contributed by atoms with Gasteiger partial charge in [0.05, 0.1) is 39.2 Å². The van der Waals surface area contributed by atoms with Gasteiger partial charge in [-0.3, -0.25) is 28.9 Å². The Morgan fingerprint density at radius 3 is 1.23 bits per heavy atom. The van der Waals surface area contributed by atoms with Crippen LogP contribution < -0.4 is 124 Å². The number of halogens is 13. The van der Waals surface area contributed by atoms with Crippen molar-refractivity contribution in [2.24, 2.45) is 0 Å². The van der Waals surface area contributed by atoms with Crippen molar-refractivity contribution < 1.29 is 152 Å². The van der Waals surface area contributed by atoms with Crippen molar-refractivity contribution >= 4 is 181 Å². The number of fused-ring (bicyclic) bond motifs is 2. The van der Waals surface area contributed by atoms with Crippen LogP contribution in [0.5, 0.6) is 0 Å². The maximum absolute atomic E-state index is 13.9. The molecule has 0 saturated carbocycles. The van der Waals surface area contributed by atoms with Crippen molar-refractivity contribution in [2.75, 3.05) is 44.3 Å². The molecule has 2 aliphatic rings. The molecule has 6 N–H and O–H groups in total. The molecular weight excluding hydrogens is 1750 g/mol.